The second-order valence-electron chi connectivity index (χ2n) is 2.34. The molecule has 2 atom stereocenters. The van der Waals surface area contributed by atoms with E-state index in [9.17, 15) is 4.79 Å². The van der Waals surface area contributed by atoms with Crippen LogP contribution in [0.4, 0.5) is 0 Å². The van der Waals surface area contributed by atoms with Crippen LogP contribution in [-0.2, 0) is 37.2 Å². The summed E-state index contributed by atoms with van der Waals surface area (Å²) >= 11 is 3.91. The molecule has 0 spiro atoms. The predicted molar refractivity (Wildman–Crippen MR) is 47.1 cm³/mol. The molecular formula is C7H14HgO4S. The van der Waals surface area contributed by atoms with Crippen LogP contribution >= 0.6 is 12.6 Å². The van der Waals surface area contributed by atoms with Crippen molar-refractivity contribution in [2.45, 2.75) is 24.7 Å². The Morgan fingerprint density at radius 3 is 2.54 bits per heavy atom. The van der Waals surface area contributed by atoms with Gasteiger partial charge in [0.2, 0.25) is 0 Å². The van der Waals surface area contributed by atoms with Crippen molar-refractivity contribution in [2.24, 2.45) is 0 Å². The third-order valence-electron chi connectivity index (χ3n) is 1.26. The summed E-state index contributed by atoms with van der Waals surface area (Å²) < 4.78 is 4.64. The van der Waals surface area contributed by atoms with Crippen molar-refractivity contribution in [2.75, 3.05) is 13.2 Å². The average molecular weight is 395 g/mol. The van der Waals surface area contributed by atoms with Gasteiger partial charge in [-0.3, -0.25) is 4.79 Å². The molecule has 0 aliphatic rings. The van der Waals surface area contributed by atoms with E-state index < -0.39 is 17.3 Å². The molecule has 0 aliphatic heterocycles. The molecule has 0 rings (SSSR count). The van der Waals surface area contributed by atoms with Crippen LogP contribution in [-0.4, -0.2) is 40.8 Å². The first-order chi connectivity index (χ1) is 5.61. The van der Waals surface area contributed by atoms with Crippen molar-refractivity contribution in [3.63, 3.8) is 0 Å². The third-order valence-corrected chi connectivity index (χ3v) is 1.69. The Hall–Kier alpha value is 0.675. The summed E-state index contributed by atoms with van der Waals surface area (Å²) in [6, 6.07) is 0. The molecule has 0 radical (unpaired) electrons. The molecule has 0 aromatic heterocycles. The molecule has 2 N–H and O–H groups in total. The molecule has 6 heteroatoms. The van der Waals surface area contributed by atoms with Crippen molar-refractivity contribution < 1.29 is 47.4 Å². The smallest absolute Gasteiger partial charge is 0.318 e. The maximum atomic E-state index is 10.9. The van der Waals surface area contributed by atoms with Crippen LogP contribution in [0.3, 0.4) is 0 Å². The van der Waals surface area contributed by atoms with E-state index in [4.69, 9.17) is 10.2 Å². The van der Waals surface area contributed by atoms with Crippen molar-refractivity contribution in [1.82, 2.24) is 0 Å². The summed E-state index contributed by atoms with van der Waals surface area (Å²) in [7, 11) is 0. The van der Waals surface area contributed by atoms with Crippen LogP contribution in [0.5, 0.6) is 0 Å². The van der Waals surface area contributed by atoms with Gasteiger partial charge in [0.05, 0.1) is 19.3 Å². The average Bonchev–Trinajstić information content (AvgIpc) is 2.04. The molecule has 0 aromatic rings. The first-order valence-electron chi connectivity index (χ1n) is 3.75. The molecule has 0 saturated carbocycles. The molecule has 13 heavy (non-hydrogen) atoms. The van der Waals surface area contributed by atoms with Gasteiger partial charge >= 0.3 is 5.97 Å². The minimum Gasteiger partial charge on any atom is -0.465 e. The molecule has 0 amide bonds. The number of aliphatic hydroxyl groups is 2. The molecule has 0 aliphatic carbocycles. The number of esters is 1. The summed E-state index contributed by atoms with van der Waals surface area (Å²) in [5.74, 6) is -0.465. The normalized spacial score (nSPS) is 14.2. The fourth-order valence-electron chi connectivity index (χ4n) is 0.667. The van der Waals surface area contributed by atoms with E-state index in [0.29, 0.717) is 6.61 Å². The summed E-state index contributed by atoms with van der Waals surface area (Å²) in [4.78, 5) is 10.9. The van der Waals surface area contributed by atoms with Crippen LogP contribution in [0.15, 0.2) is 0 Å². The van der Waals surface area contributed by atoms with Crippen LogP contribution in [0.2, 0.25) is 0 Å². The second kappa shape index (κ2) is 9.24. The zero-order valence-electron chi connectivity index (χ0n) is 7.64. The van der Waals surface area contributed by atoms with E-state index in [1.807, 2.05) is 0 Å². The number of rotatable bonds is 5. The molecule has 0 bridgehead atoms. The number of hydrogen-bond donors (Lipinski definition) is 3. The third kappa shape index (κ3) is 7.72. The van der Waals surface area contributed by atoms with Gasteiger partial charge in [-0.25, -0.2) is 0 Å². The van der Waals surface area contributed by atoms with Crippen molar-refractivity contribution in [3.05, 3.63) is 0 Å². The van der Waals surface area contributed by atoms with E-state index in [2.05, 4.69) is 17.4 Å². The van der Waals surface area contributed by atoms with Crippen LogP contribution < -0.4 is 0 Å². The first-order valence-corrected chi connectivity index (χ1v) is 4.27. The van der Waals surface area contributed by atoms with Crippen LogP contribution in [0.25, 0.3) is 0 Å². The number of hydrogen-bond acceptors (Lipinski definition) is 5. The Labute approximate surface area is 104 Å². The molecule has 0 aromatic carbocycles. The largest absolute Gasteiger partial charge is 0.465 e. The molecule has 74 valence electrons. The summed E-state index contributed by atoms with van der Waals surface area (Å²) in [5, 5.41) is 16.7. The van der Waals surface area contributed by atoms with Crippen LogP contribution in [0.1, 0.15) is 13.3 Å². The Bertz CT molecular complexity index is 144. The van der Waals surface area contributed by atoms with E-state index in [1.54, 1.807) is 6.92 Å². The molecule has 2 unspecified atom stereocenters. The maximum Gasteiger partial charge on any atom is 0.318 e. The zero-order valence-corrected chi connectivity index (χ0v) is 14.0. The van der Waals surface area contributed by atoms with Gasteiger partial charge in [-0.15, -0.1) is 0 Å². The number of ether oxygens (including phenoxy) is 1. The van der Waals surface area contributed by atoms with Crippen LogP contribution in [0, 0.1) is 0 Å². The zero-order chi connectivity index (χ0) is 9.56. The van der Waals surface area contributed by atoms with E-state index in [-0.39, 0.29) is 40.7 Å². The van der Waals surface area contributed by atoms with Gasteiger partial charge in [0.15, 0.2) is 0 Å². The topological polar surface area (TPSA) is 66.8 Å². The first kappa shape index (κ1) is 16.1. The van der Waals surface area contributed by atoms with Gasteiger partial charge in [0.1, 0.15) is 5.25 Å². The van der Waals surface area contributed by atoms with Gasteiger partial charge in [-0.2, -0.15) is 12.6 Å². The van der Waals surface area contributed by atoms with Gasteiger partial charge < -0.3 is 14.9 Å². The van der Waals surface area contributed by atoms with Gasteiger partial charge in [0, 0.05) is 27.7 Å². The molecule has 0 heterocycles. The molecule has 4 nitrogen and oxygen atoms in total. The predicted octanol–water partition coefficient (Wildman–Crippen LogP) is -0.411. The van der Waals surface area contributed by atoms with Crippen molar-refractivity contribution in [3.8, 4) is 0 Å². The minimum absolute atomic E-state index is 0. The van der Waals surface area contributed by atoms with Gasteiger partial charge in [-0.1, -0.05) is 0 Å². The number of carbonyl (C=O) groups is 1. The molecule has 0 saturated heterocycles. The quantitative estimate of drug-likeness (QED) is 0.337. The number of carbonyl (C=O) groups excluding carboxylic acids is 1. The maximum absolute atomic E-state index is 10.9. The number of aliphatic hydroxyl groups excluding tert-OH is 2. The van der Waals surface area contributed by atoms with Gasteiger partial charge in [0.25, 0.3) is 0 Å². The Balaban J connectivity index is 0. The molecule has 0 fully saturated rings. The minimum atomic E-state index is -0.906. The van der Waals surface area contributed by atoms with Gasteiger partial charge in [-0.05, 0) is 13.3 Å². The summed E-state index contributed by atoms with van der Waals surface area (Å²) in [6.07, 6.45) is -0.796. The fourth-order valence-corrected chi connectivity index (χ4v) is 0.985. The fraction of sp³-hybridized carbons (Fsp3) is 0.857. The molecular weight excluding hydrogens is 381 g/mol. The van der Waals surface area contributed by atoms with Crippen molar-refractivity contribution >= 4 is 18.6 Å². The van der Waals surface area contributed by atoms with E-state index in [1.165, 1.54) is 0 Å². The summed E-state index contributed by atoms with van der Waals surface area (Å²) in [6.45, 7) is 1.63. The standard InChI is InChI=1S/C7H14O4S.Hg/c1-2-11-7(10)6(12)3-5(9)4-8;/h5-6,8-9,12H,2-4H2,1H3;. The Morgan fingerprint density at radius 1 is 1.62 bits per heavy atom. The summed E-state index contributed by atoms with van der Waals surface area (Å²) in [5.41, 5.74) is 0. The van der Waals surface area contributed by atoms with E-state index >= 15 is 0 Å². The Kier molecular flexibility index (Phi) is 11.5. The Morgan fingerprint density at radius 2 is 2.15 bits per heavy atom. The number of thiol groups is 1. The van der Waals surface area contributed by atoms with Crippen molar-refractivity contribution in [1.29, 1.82) is 0 Å². The SMILES string of the molecule is CCOC(=O)C(S)CC(O)CO.[Hg]. The monoisotopic (exact) mass is 396 g/mol. The van der Waals surface area contributed by atoms with E-state index in [0.717, 1.165) is 0 Å². The second-order valence-corrected chi connectivity index (χ2v) is 2.96.